The predicted molar refractivity (Wildman–Crippen MR) is 63.1 cm³/mol. The van der Waals surface area contributed by atoms with E-state index in [1.54, 1.807) is 0 Å². The van der Waals surface area contributed by atoms with Crippen LogP contribution in [0, 0.1) is 0 Å². The summed E-state index contributed by atoms with van der Waals surface area (Å²) in [6.45, 7) is 1.40. The van der Waals surface area contributed by atoms with Gasteiger partial charge in [-0.3, -0.25) is 0 Å². The van der Waals surface area contributed by atoms with Crippen LogP contribution in [0.25, 0.3) is 0 Å². The number of hydrogen-bond donors (Lipinski definition) is 3. The monoisotopic (exact) mass is 237 g/mol. The Morgan fingerprint density at radius 3 is 3.12 bits per heavy atom. The molecule has 0 aliphatic carbocycles. The summed E-state index contributed by atoms with van der Waals surface area (Å²) in [7, 11) is 0. The zero-order valence-corrected chi connectivity index (χ0v) is 9.35. The number of nitrogens with one attached hydrogen (secondary N) is 1. The standard InChI is InChI=1S/C11H15N3O3/c12-9-5-13-10(4-8(9)11(15)16)14-7-2-1-3-17-6-7/h4-5,7H,1-3,6,12H2,(H,13,14)(H,15,16). The fraction of sp³-hybridized carbons (Fsp3) is 0.455. The quantitative estimate of drug-likeness (QED) is 0.724. The Kier molecular flexibility index (Phi) is 3.43. The lowest BCUT2D eigenvalue weighted by Gasteiger charge is -2.23. The van der Waals surface area contributed by atoms with Gasteiger partial charge < -0.3 is 20.9 Å². The van der Waals surface area contributed by atoms with Gasteiger partial charge in [0.05, 0.1) is 30.1 Å². The van der Waals surface area contributed by atoms with Crippen LogP contribution >= 0.6 is 0 Å². The predicted octanol–water partition coefficient (Wildman–Crippen LogP) is 0.953. The van der Waals surface area contributed by atoms with Crippen molar-refractivity contribution < 1.29 is 14.6 Å². The first-order chi connectivity index (χ1) is 8.16. The molecule has 0 bridgehead atoms. The minimum atomic E-state index is -1.05. The third kappa shape index (κ3) is 2.85. The highest BCUT2D eigenvalue weighted by molar-refractivity contribution is 5.94. The molecule has 0 saturated carbocycles. The zero-order valence-electron chi connectivity index (χ0n) is 9.35. The number of nitrogens with two attached hydrogens (primary N) is 1. The van der Waals surface area contributed by atoms with Crippen molar-refractivity contribution in [1.82, 2.24) is 4.98 Å². The van der Waals surface area contributed by atoms with Crippen LogP contribution in [0.5, 0.6) is 0 Å². The first-order valence-corrected chi connectivity index (χ1v) is 5.50. The van der Waals surface area contributed by atoms with Crippen LogP contribution in [0.1, 0.15) is 23.2 Å². The van der Waals surface area contributed by atoms with Gasteiger partial charge in [0.15, 0.2) is 0 Å². The number of nitrogen functional groups attached to an aromatic ring is 1. The normalized spacial score (nSPS) is 19.9. The average molecular weight is 237 g/mol. The summed E-state index contributed by atoms with van der Waals surface area (Å²) in [5, 5.41) is 12.1. The van der Waals surface area contributed by atoms with Crippen LogP contribution in [0.15, 0.2) is 12.3 Å². The van der Waals surface area contributed by atoms with Crippen molar-refractivity contribution in [2.75, 3.05) is 24.3 Å². The molecule has 92 valence electrons. The smallest absolute Gasteiger partial charge is 0.337 e. The molecule has 1 unspecified atom stereocenters. The number of nitrogens with zero attached hydrogens (tertiary/aromatic N) is 1. The lowest BCUT2D eigenvalue weighted by Crippen LogP contribution is -2.30. The maximum absolute atomic E-state index is 10.9. The highest BCUT2D eigenvalue weighted by Gasteiger charge is 2.15. The lowest BCUT2D eigenvalue weighted by molar-refractivity contribution is 0.0698. The minimum Gasteiger partial charge on any atom is -0.478 e. The fourth-order valence-electron chi connectivity index (χ4n) is 1.79. The molecule has 6 heteroatoms. The van der Waals surface area contributed by atoms with E-state index in [1.807, 2.05) is 0 Å². The number of rotatable bonds is 3. The van der Waals surface area contributed by atoms with Gasteiger partial charge >= 0.3 is 5.97 Å². The number of ether oxygens (including phenoxy) is 1. The van der Waals surface area contributed by atoms with Gasteiger partial charge in [0.2, 0.25) is 0 Å². The van der Waals surface area contributed by atoms with Crippen LogP contribution in [0.3, 0.4) is 0 Å². The maximum Gasteiger partial charge on any atom is 0.337 e. The van der Waals surface area contributed by atoms with Crippen molar-refractivity contribution >= 4 is 17.5 Å². The van der Waals surface area contributed by atoms with Crippen molar-refractivity contribution in [3.63, 3.8) is 0 Å². The molecule has 6 nitrogen and oxygen atoms in total. The SMILES string of the molecule is Nc1cnc(NC2CCCOC2)cc1C(=O)O. The molecular weight excluding hydrogens is 222 g/mol. The molecule has 4 N–H and O–H groups in total. The topological polar surface area (TPSA) is 97.5 Å². The van der Waals surface area contributed by atoms with Gasteiger partial charge in [0.1, 0.15) is 5.82 Å². The number of aromatic carboxylic acids is 1. The van der Waals surface area contributed by atoms with Gasteiger partial charge in [-0.25, -0.2) is 9.78 Å². The van der Waals surface area contributed by atoms with Gasteiger partial charge in [0, 0.05) is 6.61 Å². The zero-order chi connectivity index (χ0) is 12.3. The molecule has 0 spiro atoms. The summed E-state index contributed by atoms with van der Waals surface area (Å²) in [6.07, 6.45) is 3.35. The molecule has 1 fully saturated rings. The Morgan fingerprint density at radius 1 is 1.65 bits per heavy atom. The maximum atomic E-state index is 10.9. The van der Waals surface area contributed by atoms with Crippen molar-refractivity contribution in [3.05, 3.63) is 17.8 Å². The molecule has 1 aromatic rings. The molecular formula is C11H15N3O3. The molecule has 0 aromatic carbocycles. The largest absolute Gasteiger partial charge is 0.478 e. The number of carbonyl (C=O) groups is 1. The first kappa shape index (κ1) is 11.7. The van der Waals surface area contributed by atoms with Gasteiger partial charge in [-0.2, -0.15) is 0 Å². The molecule has 17 heavy (non-hydrogen) atoms. The Labute approximate surface area is 98.8 Å². The van der Waals surface area contributed by atoms with Crippen molar-refractivity contribution in [2.45, 2.75) is 18.9 Å². The van der Waals surface area contributed by atoms with Crippen LogP contribution in [0.4, 0.5) is 11.5 Å². The van der Waals surface area contributed by atoms with Crippen LogP contribution in [-0.2, 0) is 4.74 Å². The summed E-state index contributed by atoms with van der Waals surface area (Å²) >= 11 is 0. The summed E-state index contributed by atoms with van der Waals surface area (Å²) in [5.41, 5.74) is 5.77. The van der Waals surface area contributed by atoms with Gasteiger partial charge in [-0.15, -0.1) is 0 Å². The van der Waals surface area contributed by atoms with E-state index < -0.39 is 5.97 Å². The average Bonchev–Trinajstić information content (AvgIpc) is 2.32. The van der Waals surface area contributed by atoms with Crippen molar-refractivity contribution in [1.29, 1.82) is 0 Å². The Balaban J connectivity index is 2.10. The number of carboxylic acid groups (broad SMARTS) is 1. The second-order valence-corrected chi connectivity index (χ2v) is 4.02. The summed E-state index contributed by atoms with van der Waals surface area (Å²) in [6, 6.07) is 1.63. The third-order valence-corrected chi connectivity index (χ3v) is 2.68. The molecule has 2 rings (SSSR count). The summed E-state index contributed by atoms with van der Waals surface area (Å²) in [5.74, 6) is -0.528. The number of pyridine rings is 1. The van der Waals surface area contributed by atoms with Gasteiger partial charge in [0.25, 0.3) is 0 Å². The summed E-state index contributed by atoms with van der Waals surface area (Å²) < 4.78 is 5.32. The van der Waals surface area contributed by atoms with Crippen molar-refractivity contribution in [2.24, 2.45) is 0 Å². The van der Waals surface area contributed by atoms with Crippen molar-refractivity contribution in [3.8, 4) is 0 Å². The Morgan fingerprint density at radius 2 is 2.47 bits per heavy atom. The van der Waals surface area contributed by atoms with E-state index in [2.05, 4.69) is 10.3 Å². The molecule has 1 aromatic heterocycles. The Bertz CT molecular complexity index is 416. The highest BCUT2D eigenvalue weighted by Crippen LogP contribution is 2.17. The van der Waals surface area contributed by atoms with E-state index in [1.165, 1.54) is 12.3 Å². The lowest BCUT2D eigenvalue weighted by atomic mass is 10.1. The highest BCUT2D eigenvalue weighted by atomic mass is 16.5. The fourth-order valence-corrected chi connectivity index (χ4v) is 1.79. The van der Waals surface area contributed by atoms with E-state index in [4.69, 9.17) is 15.6 Å². The second kappa shape index (κ2) is 5.01. The summed E-state index contributed by atoms with van der Waals surface area (Å²) in [4.78, 5) is 15.0. The molecule has 0 amide bonds. The number of aromatic nitrogens is 1. The molecule has 2 heterocycles. The number of anilines is 2. The molecule has 1 saturated heterocycles. The Hall–Kier alpha value is -1.82. The van der Waals surface area contributed by atoms with E-state index in [-0.39, 0.29) is 17.3 Å². The van der Waals surface area contributed by atoms with E-state index in [9.17, 15) is 4.79 Å². The second-order valence-electron chi connectivity index (χ2n) is 4.02. The number of carboxylic acids is 1. The molecule has 1 atom stereocenters. The minimum absolute atomic E-state index is 0.0687. The first-order valence-electron chi connectivity index (χ1n) is 5.50. The van der Waals surface area contributed by atoms with Crippen LogP contribution < -0.4 is 11.1 Å². The van der Waals surface area contributed by atoms with Gasteiger partial charge in [-0.05, 0) is 18.9 Å². The number of hydrogen-bond acceptors (Lipinski definition) is 5. The molecule has 1 aliphatic rings. The third-order valence-electron chi connectivity index (χ3n) is 2.68. The van der Waals surface area contributed by atoms with Crippen LogP contribution in [-0.4, -0.2) is 35.3 Å². The molecule has 0 radical (unpaired) electrons. The van der Waals surface area contributed by atoms with Crippen LogP contribution in [0.2, 0.25) is 0 Å². The van der Waals surface area contributed by atoms with E-state index in [0.717, 1.165) is 19.4 Å². The van der Waals surface area contributed by atoms with E-state index in [0.29, 0.717) is 12.4 Å². The molecule has 1 aliphatic heterocycles. The van der Waals surface area contributed by atoms with Gasteiger partial charge in [-0.1, -0.05) is 0 Å². The van der Waals surface area contributed by atoms with E-state index >= 15 is 0 Å².